The van der Waals surface area contributed by atoms with Crippen LogP contribution in [0.25, 0.3) is 0 Å². The zero-order valence-electron chi connectivity index (χ0n) is 12.0. The Hall–Kier alpha value is -1.87. The SMILES string of the molecule is Oc1ccc2c(c1)C(NCCc1ccccc1F)CCC2. The van der Waals surface area contributed by atoms with Gasteiger partial charge in [0.15, 0.2) is 0 Å². The normalized spacial score (nSPS) is 17.5. The predicted octanol–water partition coefficient (Wildman–Crippen LogP) is 3.74. The van der Waals surface area contributed by atoms with Crippen LogP contribution in [0.5, 0.6) is 5.75 Å². The molecule has 1 unspecified atom stereocenters. The minimum absolute atomic E-state index is 0.138. The van der Waals surface area contributed by atoms with E-state index in [0.717, 1.165) is 31.4 Å². The van der Waals surface area contributed by atoms with Crippen LogP contribution in [-0.4, -0.2) is 11.7 Å². The van der Waals surface area contributed by atoms with Crippen LogP contribution in [0.15, 0.2) is 42.5 Å². The molecule has 0 amide bonds. The fourth-order valence-electron chi connectivity index (χ4n) is 3.08. The van der Waals surface area contributed by atoms with Gasteiger partial charge in [0.05, 0.1) is 0 Å². The summed E-state index contributed by atoms with van der Waals surface area (Å²) in [6.45, 7) is 0.737. The molecule has 0 aromatic heterocycles. The Morgan fingerprint density at radius 1 is 1.19 bits per heavy atom. The maximum atomic E-state index is 13.6. The molecule has 3 rings (SSSR count). The van der Waals surface area contributed by atoms with Crippen LogP contribution in [0.2, 0.25) is 0 Å². The number of rotatable bonds is 4. The fourth-order valence-corrected chi connectivity index (χ4v) is 3.08. The van der Waals surface area contributed by atoms with Crippen LogP contribution in [-0.2, 0) is 12.8 Å². The first-order valence-corrected chi connectivity index (χ1v) is 7.52. The topological polar surface area (TPSA) is 32.3 Å². The lowest BCUT2D eigenvalue weighted by atomic mass is 9.87. The summed E-state index contributed by atoms with van der Waals surface area (Å²) >= 11 is 0. The highest BCUT2D eigenvalue weighted by Crippen LogP contribution is 2.32. The molecule has 110 valence electrons. The molecule has 1 atom stereocenters. The maximum absolute atomic E-state index is 13.6. The number of aryl methyl sites for hydroxylation is 1. The summed E-state index contributed by atoms with van der Waals surface area (Å²) in [5.74, 6) is 0.178. The molecule has 2 aromatic rings. The molecule has 2 N–H and O–H groups in total. The molecule has 1 aliphatic rings. The van der Waals surface area contributed by atoms with Crippen molar-refractivity contribution in [2.75, 3.05) is 6.54 Å². The third kappa shape index (κ3) is 3.24. The van der Waals surface area contributed by atoms with E-state index in [-0.39, 0.29) is 11.9 Å². The van der Waals surface area contributed by atoms with Crippen molar-refractivity contribution in [2.24, 2.45) is 0 Å². The van der Waals surface area contributed by atoms with E-state index >= 15 is 0 Å². The van der Waals surface area contributed by atoms with Crippen LogP contribution in [0.3, 0.4) is 0 Å². The Morgan fingerprint density at radius 3 is 2.90 bits per heavy atom. The van der Waals surface area contributed by atoms with Gasteiger partial charge in [-0.15, -0.1) is 0 Å². The van der Waals surface area contributed by atoms with E-state index < -0.39 is 0 Å². The second-order valence-electron chi connectivity index (χ2n) is 5.62. The first-order valence-electron chi connectivity index (χ1n) is 7.52. The standard InChI is InChI=1S/C18H20FNO/c19-17-6-2-1-4-14(17)10-11-20-18-7-3-5-13-8-9-15(21)12-16(13)18/h1-2,4,6,8-9,12,18,20-21H,3,5,7,10-11H2. The Kier molecular flexibility index (Phi) is 4.20. The number of aromatic hydroxyl groups is 1. The van der Waals surface area contributed by atoms with Gasteiger partial charge in [0.1, 0.15) is 11.6 Å². The van der Waals surface area contributed by atoms with Crippen molar-refractivity contribution < 1.29 is 9.50 Å². The molecule has 0 heterocycles. The summed E-state index contributed by atoms with van der Waals surface area (Å²) in [5.41, 5.74) is 3.24. The van der Waals surface area contributed by atoms with E-state index in [2.05, 4.69) is 5.32 Å². The van der Waals surface area contributed by atoms with E-state index in [4.69, 9.17) is 0 Å². The van der Waals surface area contributed by atoms with Gasteiger partial charge >= 0.3 is 0 Å². The number of halogens is 1. The molecular weight excluding hydrogens is 265 g/mol. The van der Waals surface area contributed by atoms with Crippen LogP contribution >= 0.6 is 0 Å². The van der Waals surface area contributed by atoms with Gasteiger partial charge in [-0.1, -0.05) is 24.3 Å². The Balaban J connectivity index is 1.65. The van der Waals surface area contributed by atoms with Crippen LogP contribution in [0.1, 0.15) is 35.6 Å². The lowest BCUT2D eigenvalue weighted by molar-refractivity contribution is 0.447. The van der Waals surface area contributed by atoms with Gasteiger partial charge in [0.25, 0.3) is 0 Å². The van der Waals surface area contributed by atoms with Gasteiger partial charge in [-0.2, -0.15) is 0 Å². The average molecular weight is 285 g/mol. The quantitative estimate of drug-likeness (QED) is 0.897. The molecular formula is C18H20FNO. The molecule has 2 nitrogen and oxygen atoms in total. The second kappa shape index (κ2) is 6.27. The molecule has 2 aromatic carbocycles. The second-order valence-corrected chi connectivity index (χ2v) is 5.62. The zero-order valence-corrected chi connectivity index (χ0v) is 12.0. The van der Waals surface area contributed by atoms with Crippen molar-refractivity contribution >= 4 is 0 Å². The van der Waals surface area contributed by atoms with Crippen molar-refractivity contribution in [1.82, 2.24) is 5.32 Å². The largest absolute Gasteiger partial charge is 0.508 e. The van der Waals surface area contributed by atoms with Crippen molar-refractivity contribution in [3.8, 4) is 5.75 Å². The monoisotopic (exact) mass is 285 g/mol. The highest BCUT2D eigenvalue weighted by molar-refractivity contribution is 5.38. The molecule has 0 fully saturated rings. The van der Waals surface area contributed by atoms with Crippen molar-refractivity contribution in [1.29, 1.82) is 0 Å². The highest BCUT2D eigenvalue weighted by Gasteiger charge is 2.20. The molecule has 21 heavy (non-hydrogen) atoms. The summed E-state index contributed by atoms with van der Waals surface area (Å²) < 4.78 is 13.6. The molecule has 1 aliphatic carbocycles. The van der Waals surface area contributed by atoms with E-state index in [1.165, 1.54) is 17.2 Å². The Bertz CT molecular complexity index is 626. The first-order chi connectivity index (χ1) is 10.2. The van der Waals surface area contributed by atoms with E-state index in [1.54, 1.807) is 12.1 Å². The summed E-state index contributed by atoms with van der Waals surface area (Å²) in [5, 5.41) is 13.2. The third-order valence-corrected chi connectivity index (χ3v) is 4.19. The number of hydrogen-bond acceptors (Lipinski definition) is 2. The number of fused-ring (bicyclic) bond motifs is 1. The van der Waals surface area contributed by atoms with Gasteiger partial charge in [-0.05, 0) is 67.1 Å². The van der Waals surface area contributed by atoms with Crippen molar-refractivity contribution in [3.05, 3.63) is 65.0 Å². The van der Waals surface area contributed by atoms with Gasteiger partial charge in [0.2, 0.25) is 0 Å². The fraction of sp³-hybridized carbons (Fsp3) is 0.333. The highest BCUT2D eigenvalue weighted by atomic mass is 19.1. The molecule has 0 saturated carbocycles. The minimum atomic E-state index is -0.138. The average Bonchev–Trinajstić information content (AvgIpc) is 2.49. The molecule has 0 aliphatic heterocycles. The molecule has 0 spiro atoms. The van der Waals surface area contributed by atoms with Gasteiger partial charge in [-0.25, -0.2) is 4.39 Å². The number of phenolic OH excluding ortho intramolecular Hbond substituents is 1. The van der Waals surface area contributed by atoms with Crippen LogP contribution in [0, 0.1) is 5.82 Å². The predicted molar refractivity (Wildman–Crippen MR) is 81.9 cm³/mol. The summed E-state index contributed by atoms with van der Waals surface area (Å²) in [4.78, 5) is 0. The minimum Gasteiger partial charge on any atom is -0.508 e. The zero-order chi connectivity index (χ0) is 14.7. The molecule has 3 heteroatoms. The van der Waals surface area contributed by atoms with E-state index in [1.807, 2.05) is 24.3 Å². The van der Waals surface area contributed by atoms with E-state index in [0.29, 0.717) is 12.2 Å². The van der Waals surface area contributed by atoms with Crippen LogP contribution < -0.4 is 5.32 Å². The Morgan fingerprint density at radius 2 is 2.05 bits per heavy atom. The lowest BCUT2D eigenvalue weighted by Crippen LogP contribution is -2.27. The molecule has 0 saturated heterocycles. The lowest BCUT2D eigenvalue weighted by Gasteiger charge is -2.26. The smallest absolute Gasteiger partial charge is 0.126 e. The van der Waals surface area contributed by atoms with E-state index in [9.17, 15) is 9.50 Å². The number of benzene rings is 2. The first kappa shape index (κ1) is 14.1. The van der Waals surface area contributed by atoms with Crippen molar-refractivity contribution in [3.63, 3.8) is 0 Å². The van der Waals surface area contributed by atoms with Gasteiger partial charge in [0, 0.05) is 6.04 Å². The molecule has 0 radical (unpaired) electrons. The third-order valence-electron chi connectivity index (χ3n) is 4.19. The van der Waals surface area contributed by atoms with Gasteiger partial charge < -0.3 is 10.4 Å². The van der Waals surface area contributed by atoms with Crippen LogP contribution in [0.4, 0.5) is 4.39 Å². The summed E-state index contributed by atoms with van der Waals surface area (Å²) in [7, 11) is 0. The molecule has 0 bridgehead atoms. The summed E-state index contributed by atoms with van der Waals surface area (Å²) in [6, 6.07) is 12.8. The Labute approximate surface area is 124 Å². The number of nitrogens with one attached hydrogen (secondary N) is 1. The summed E-state index contributed by atoms with van der Waals surface area (Å²) in [6.07, 6.45) is 3.96. The number of hydrogen-bond donors (Lipinski definition) is 2. The van der Waals surface area contributed by atoms with Crippen molar-refractivity contribution in [2.45, 2.75) is 31.7 Å². The maximum Gasteiger partial charge on any atom is 0.126 e. The van der Waals surface area contributed by atoms with Gasteiger partial charge in [-0.3, -0.25) is 0 Å². The number of phenols is 1.